The molecule has 0 aliphatic heterocycles. The van der Waals surface area contributed by atoms with Crippen molar-refractivity contribution in [3.63, 3.8) is 0 Å². The fourth-order valence-corrected chi connectivity index (χ4v) is 1.72. The molecule has 0 aliphatic rings. The molecule has 0 aromatic heterocycles. The summed E-state index contributed by atoms with van der Waals surface area (Å²) in [4.78, 5) is 0. The summed E-state index contributed by atoms with van der Waals surface area (Å²) in [7, 11) is 1.37. The first-order valence-corrected chi connectivity index (χ1v) is 5.85. The Bertz CT molecular complexity index is 450. The number of nitriles is 1. The van der Waals surface area contributed by atoms with Crippen LogP contribution in [0.5, 0.6) is 5.75 Å². The minimum atomic E-state index is -3.04. The number of benzene rings is 1. The van der Waals surface area contributed by atoms with Gasteiger partial charge in [0, 0.05) is 12.8 Å². The Morgan fingerprint density at radius 1 is 1.39 bits per heavy atom. The van der Waals surface area contributed by atoms with Crippen LogP contribution in [0, 0.1) is 11.3 Å². The zero-order valence-electron chi connectivity index (χ0n) is 10.8. The summed E-state index contributed by atoms with van der Waals surface area (Å²) in [5.41, 5.74) is 0.703. The molecule has 0 atom stereocenters. The molecule has 0 amide bonds. The van der Waals surface area contributed by atoms with Crippen molar-refractivity contribution in [3.8, 4) is 11.8 Å². The molecule has 1 aromatic carbocycles. The van der Waals surface area contributed by atoms with E-state index >= 15 is 0 Å². The van der Waals surface area contributed by atoms with E-state index in [-0.39, 0.29) is 23.7 Å². The van der Waals surface area contributed by atoms with Crippen molar-refractivity contribution < 1.29 is 13.5 Å². The van der Waals surface area contributed by atoms with E-state index in [4.69, 9.17) is 10.00 Å². The molecule has 18 heavy (non-hydrogen) atoms. The Balaban J connectivity index is 3.19. The lowest BCUT2D eigenvalue weighted by Gasteiger charge is -2.20. The molecule has 1 aromatic rings. The van der Waals surface area contributed by atoms with Crippen molar-refractivity contribution >= 4 is 0 Å². The second kappa shape index (κ2) is 5.81. The minimum Gasteiger partial charge on any atom is -0.496 e. The van der Waals surface area contributed by atoms with Gasteiger partial charge in [0.2, 0.25) is 0 Å². The zero-order chi connectivity index (χ0) is 13.8. The highest BCUT2D eigenvalue weighted by Crippen LogP contribution is 2.39. The highest BCUT2D eigenvalue weighted by molar-refractivity contribution is 5.41. The molecule has 0 aliphatic carbocycles. The van der Waals surface area contributed by atoms with E-state index in [1.54, 1.807) is 18.2 Å². The molecule has 0 heterocycles. The van der Waals surface area contributed by atoms with Crippen LogP contribution in [0.25, 0.3) is 0 Å². The van der Waals surface area contributed by atoms with Crippen LogP contribution in [0.15, 0.2) is 18.2 Å². The van der Waals surface area contributed by atoms with Gasteiger partial charge in [-0.1, -0.05) is 19.9 Å². The van der Waals surface area contributed by atoms with Crippen molar-refractivity contribution in [2.24, 2.45) is 0 Å². The lowest BCUT2D eigenvalue weighted by molar-refractivity contribution is -0.0141. The van der Waals surface area contributed by atoms with Crippen LogP contribution >= 0.6 is 0 Å². The van der Waals surface area contributed by atoms with Crippen molar-refractivity contribution in [2.45, 2.75) is 38.5 Å². The van der Waals surface area contributed by atoms with Gasteiger partial charge in [0.15, 0.2) is 0 Å². The molecule has 0 fully saturated rings. The zero-order valence-corrected chi connectivity index (χ0v) is 10.8. The monoisotopic (exact) mass is 253 g/mol. The maximum atomic E-state index is 14.0. The first-order valence-electron chi connectivity index (χ1n) is 5.85. The lowest BCUT2D eigenvalue weighted by Crippen LogP contribution is -2.15. The van der Waals surface area contributed by atoms with Gasteiger partial charge in [0.25, 0.3) is 5.92 Å². The van der Waals surface area contributed by atoms with E-state index in [2.05, 4.69) is 0 Å². The summed E-state index contributed by atoms with van der Waals surface area (Å²) in [5.74, 6) is -2.70. The lowest BCUT2D eigenvalue weighted by atomic mass is 9.95. The molecule has 0 radical (unpaired) electrons. The predicted octanol–water partition coefficient (Wildman–Crippen LogP) is 4.21. The Morgan fingerprint density at radius 3 is 2.56 bits per heavy atom. The van der Waals surface area contributed by atoms with Crippen LogP contribution in [0.1, 0.15) is 43.7 Å². The summed E-state index contributed by atoms with van der Waals surface area (Å²) in [6, 6.07) is 6.57. The smallest absolute Gasteiger partial charge is 0.277 e. The number of rotatable bonds is 5. The SMILES string of the molecule is COc1ccc(C(C)C)cc1C(F)(F)CCC#N. The quantitative estimate of drug-likeness (QED) is 0.787. The predicted molar refractivity (Wildman–Crippen MR) is 65.8 cm³/mol. The molecule has 1 rings (SSSR count). The van der Waals surface area contributed by atoms with Gasteiger partial charge in [0.1, 0.15) is 5.75 Å². The number of halogens is 2. The number of hydrogen-bond acceptors (Lipinski definition) is 2. The molecule has 4 heteroatoms. The molecule has 0 unspecified atom stereocenters. The normalized spacial score (nSPS) is 11.4. The van der Waals surface area contributed by atoms with Gasteiger partial charge in [-0.3, -0.25) is 0 Å². The summed E-state index contributed by atoms with van der Waals surface area (Å²) < 4.78 is 33.0. The molecular formula is C14H17F2NO. The maximum Gasteiger partial charge on any atom is 0.277 e. The van der Waals surface area contributed by atoms with Gasteiger partial charge in [-0.2, -0.15) is 5.26 Å². The molecule has 98 valence electrons. The van der Waals surface area contributed by atoms with E-state index in [1.165, 1.54) is 13.2 Å². The van der Waals surface area contributed by atoms with Gasteiger partial charge in [-0.25, -0.2) is 8.78 Å². The molecule has 0 saturated carbocycles. The van der Waals surface area contributed by atoms with Crippen molar-refractivity contribution in [2.75, 3.05) is 7.11 Å². The Labute approximate surface area is 106 Å². The topological polar surface area (TPSA) is 33.0 Å². The number of hydrogen-bond donors (Lipinski definition) is 0. The summed E-state index contributed by atoms with van der Waals surface area (Å²) in [6.45, 7) is 3.89. The fraction of sp³-hybridized carbons (Fsp3) is 0.500. The first-order chi connectivity index (χ1) is 8.42. The van der Waals surface area contributed by atoms with E-state index in [0.29, 0.717) is 0 Å². The highest BCUT2D eigenvalue weighted by atomic mass is 19.3. The van der Waals surface area contributed by atoms with Gasteiger partial charge < -0.3 is 4.74 Å². The Hall–Kier alpha value is -1.63. The van der Waals surface area contributed by atoms with E-state index in [0.717, 1.165) is 5.56 Å². The van der Waals surface area contributed by atoms with Crippen LogP contribution in [0.2, 0.25) is 0 Å². The van der Waals surface area contributed by atoms with Crippen molar-refractivity contribution in [1.82, 2.24) is 0 Å². The number of nitrogens with zero attached hydrogens (tertiary/aromatic N) is 1. The second-order valence-corrected chi connectivity index (χ2v) is 4.48. The molecule has 0 N–H and O–H groups in total. The largest absolute Gasteiger partial charge is 0.496 e. The Kier molecular flexibility index (Phi) is 4.66. The van der Waals surface area contributed by atoms with Crippen LogP contribution in [-0.4, -0.2) is 7.11 Å². The average molecular weight is 253 g/mol. The van der Waals surface area contributed by atoms with Gasteiger partial charge in [-0.15, -0.1) is 0 Å². The van der Waals surface area contributed by atoms with Crippen molar-refractivity contribution in [1.29, 1.82) is 5.26 Å². The van der Waals surface area contributed by atoms with Crippen LogP contribution in [-0.2, 0) is 5.92 Å². The maximum absolute atomic E-state index is 14.0. The fourth-order valence-electron chi connectivity index (χ4n) is 1.72. The number of ether oxygens (including phenoxy) is 1. The molecule has 0 bridgehead atoms. The van der Waals surface area contributed by atoms with Crippen LogP contribution in [0.3, 0.4) is 0 Å². The minimum absolute atomic E-state index is 0.133. The van der Waals surface area contributed by atoms with Crippen LogP contribution in [0.4, 0.5) is 8.78 Å². The van der Waals surface area contributed by atoms with E-state index < -0.39 is 12.3 Å². The first kappa shape index (κ1) is 14.4. The van der Waals surface area contributed by atoms with Crippen molar-refractivity contribution in [3.05, 3.63) is 29.3 Å². The Morgan fingerprint density at radius 2 is 2.06 bits per heavy atom. The van der Waals surface area contributed by atoms with E-state index in [1.807, 2.05) is 13.8 Å². The van der Waals surface area contributed by atoms with Gasteiger partial charge >= 0.3 is 0 Å². The number of methoxy groups -OCH3 is 1. The summed E-state index contributed by atoms with van der Waals surface area (Å²) in [5, 5.41) is 8.43. The molecule has 0 saturated heterocycles. The summed E-state index contributed by atoms with van der Waals surface area (Å²) in [6.07, 6.45) is -0.663. The summed E-state index contributed by atoms with van der Waals surface area (Å²) >= 11 is 0. The number of alkyl halides is 2. The van der Waals surface area contributed by atoms with Crippen LogP contribution < -0.4 is 4.74 Å². The second-order valence-electron chi connectivity index (χ2n) is 4.48. The molecule has 0 spiro atoms. The third-order valence-corrected chi connectivity index (χ3v) is 2.84. The third kappa shape index (κ3) is 3.19. The standard InChI is InChI=1S/C14H17F2NO/c1-10(2)11-5-6-13(18-3)12(9-11)14(15,16)7-4-8-17/h5-6,9-10H,4,7H2,1-3H3. The van der Waals surface area contributed by atoms with Gasteiger partial charge in [0.05, 0.1) is 18.7 Å². The average Bonchev–Trinajstić information content (AvgIpc) is 2.35. The molecular weight excluding hydrogens is 236 g/mol. The van der Waals surface area contributed by atoms with E-state index in [9.17, 15) is 8.78 Å². The third-order valence-electron chi connectivity index (χ3n) is 2.84. The van der Waals surface area contributed by atoms with Gasteiger partial charge in [-0.05, 0) is 23.6 Å². The molecule has 2 nitrogen and oxygen atoms in total. The highest BCUT2D eigenvalue weighted by Gasteiger charge is 2.34.